The molecule has 0 spiro atoms. The zero-order valence-electron chi connectivity index (χ0n) is 20.8. The molecule has 1 heterocycles. The molecule has 4 aliphatic rings. The summed E-state index contributed by atoms with van der Waals surface area (Å²) < 4.78 is 1.68. The quantitative estimate of drug-likeness (QED) is 0.237. The lowest BCUT2D eigenvalue weighted by atomic mass is 9.48. The molecule has 38 heavy (non-hydrogen) atoms. The van der Waals surface area contributed by atoms with E-state index in [1.807, 2.05) is 12.1 Å². The van der Waals surface area contributed by atoms with Crippen LogP contribution in [-0.4, -0.2) is 25.8 Å². The van der Waals surface area contributed by atoms with Crippen LogP contribution >= 0.6 is 15.9 Å². The van der Waals surface area contributed by atoms with Crippen molar-refractivity contribution >= 4 is 33.5 Å². The van der Waals surface area contributed by atoms with Gasteiger partial charge in [-0.25, -0.2) is 9.36 Å². The number of hydrogen-bond donors (Lipinski definition) is 2. The van der Waals surface area contributed by atoms with Crippen molar-refractivity contribution < 1.29 is 10.0 Å². The van der Waals surface area contributed by atoms with Gasteiger partial charge in [0.15, 0.2) is 0 Å². The average molecular weight is 579 g/mol. The van der Waals surface area contributed by atoms with E-state index < -0.39 is 22.1 Å². The van der Waals surface area contributed by atoms with E-state index >= 15 is 0 Å². The Kier molecular flexibility index (Phi) is 5.90. The summed E-state index contributed by atoms with van der Waals surface area (Å²) in [7, 11) is 0. The highest BCUT2D eigenvalue weighted by atomic mass is 79.9. The standard InChI is InChI=1S/C28H27BrN4O5/c1-15-2-4-20(10-24(15)33(37)38)30-14-21-25(34)31-27(36)32(26(21)35)23-5-3-19(9-22(23)29)28-11-16-6-17(12-28)8-18(7-16)13-28/h2-5,9-10,14,16-18,35H,6-8,11-13H2,1H3,(H,31,34,36). The molecule has 1 aromatic heterocycles. The first-order chi connectivity index (χ1) is 18.1. The zero-order chi connectivity index (χ0) is 26.8. The number of nitro benzene ring substituents is 1. The molecule has 4 saturated carbocycles. The van der Waals surface area contributed by atoms with Crippen molar-refractivity contribution in [2.75, 3.05) is 0 Å². The Hall–Kier alpha value is -3.53. The van der Waals surface area contributed by atoms with Crippen LogP contribution in [0, 0.1) is 34.8 Å². The Balaban J connectivity index is 1.37. The number of aromatic hydroxyl groups is 1. The number of hydrogen-bond acceptors (Lipinski definition) is 6. The topological polar surface area (TPSA) is 131 Å². The van der Waals surface area contributed by atoms with Gasteiger partial charge < -0.3 is 5.11 Å². The number of nitrogens with one attached hydrogen (secondary N) is 1. The molecule has 0 saturated heterocycles. The van der Waals surface area contributed by atoms with Gasteiger partial charge in [-0.1, -0.05) is 12.1 Å². The van der Waals surface area contributed by atoms with E-state index in [4.69, 9.17) is 0 Å². The molecule has 0 atom stereocenters. The van der Waals surface area contributed by atoms with Crippen LogP contribution in [0.5, 0.6) is 5.88 Å². The molecule has 9 nitrogen and oxygen atoms in total. The van der Waals surface area contributed by atoms with E-state index in [2.05, 4.69) is 32.0 Å². The minimum absolute atomic E-state index is 0.106. The van der Waals surface area contributed by atoms with Crippen LogP contribution in [-0.2, 0) is 5.41 Å². The van der Waals surface area contributed by atoms with Crippen molar-refractivity contribution in [1.29, 1.82) is 0 Å². The second-order valence-corrected chi connectivity index (χ2v) is 12.0. The highest BCUT2D eigenvalue weighted by Gasteiger charge is 2.51. The fraction of sp³-hybridized carbons (Fsp3) is 0.393. The summed E-state index contributed by atoms with van der Waals surface area (Å²) in [5.74, 6) is 1.82. The molecule has 3 aromatic rings. The van der Waals surface area contributed by atoms with Crippen molar-refractivity contribution in [3.63, 3.8) is 0 Å². The third-order valence-electron chi connectivity index (χ3n) is 8.69. The number of H-pyrrole nitrogens is 1. The summed E-state index contributed by atoms with van der Waals surface area (Å²) in [5.41, 5.74) is 0.613. The third kappa shape index (κ3) is 4.11. The Morgan fingerprint density at radius 1 is 1.11 bits per heavy atom. The second-order valence-electron chi connectivity index (χ2n) is 11.2. The smallest absolute Gasteiger partial charge is 0.335 e. The average Bonchev–Trinajstić information content (AvgIpc) is 2.84. The highest BCUT2D eigenvalue weighted by molar-refractivity contribution is 9.10. The first kappa shape index (κ1) is 24.8. The van der Waals surface area contributed by atoms with Crippen molar-refractivity contribution in [2.45, 2.75) is 50.9 Å². The number of rotatable bonds is 5. The lowest BCUT2D eigenvalue weighted by molar-refractivity contribution is -0.385. The minimum Gasteiger partial charge on any atom is -0.493 e. The maximum Gasteiger partial charge on any atom is 0.335 e. The fourth-order valence-electron chi connectivity index (χ4n) is 7.37. The van der Waals surface area contributed by atoms with Crippen molar-refractivity contribution in [3.8, 4) is 11.6 Å². The normalized spacial score (nSPS) is 25.8. The van der Waals surface area contributed by atoms with Crippen LogP contribution in [0.3, 0.4) is 0 Å². The summed E-state index contributed by atoms with van der Waals surface area (Å²) in [6.07, 6.45) is 8.75. The van der Waals surface area contributed by atoms with E-state index in [0.29, 0.717) is 15.7 Å². The lowest BCUT2D eigenvalue weighted by Gasteiger charge is -2.57. The van der Waals surface area contributed by atoms with Gasteiger partial charge in [0.25, 0.3) is 11.2 Å². The lowest BCUT2D eigenvalue weighted by Crippen LogP contribution is -2.48. The maximum atomic E-state index is 12.8. The molecule has 0 radical (unpaired) electrons. The monoisotopic (exact) mass is 578 g/mol. The van der Waals surface area contributed by atoms with Gasteiger partial charge in [-0.2, -0.15) is 0 Å². The summed E-state index contributed by atoms with van der Waals surface area (Å²) >= 11 is 3.62. The van der Waals surface area contributed by atoms with Crippen LogP contribution in [0.4, 0.5) is 11.4 Å². The first-order valence-electron chi connectivity index (χ1n) is 12.8. The van der Waals surface area contributed by atoms with Gasteiger partial charge in [0.05, 0.1) is 16.3 Å². The Morgan fingerprint density at radius 3 is 2.37 bits per heavy atom. The van der Waals surface area contributed by atoms with Crippen LogP contribution in [0.25, 0.3) is 5.69 Å². The number of nitrogens with zero attached hydrogens (tertiary/aromatic N) is 3. The predicted molar refractivity (Wildman–Crippen MR) is 147 cm³/mol. The van der Waals surface area contributed by atoms with Gasteiger partial charge in [-0.15, -0.1) is 0 Å². The number of aromatic nitrogens is 2. The van der Waals surface area contributed by atoms with Crippen molar-refractivity contribution in [3.05, 3.63) is 88.5 Å². The summed E-state index contributed by atoms with van der Waals surface area (Å²) in [6, 6.07) is 10.3. The maximum absolute atomic E-state index is 12.8. The number of aryl methyl sites for hydroxylation is 1. The molecular formula is C28H27BrN4O5. The van der Waals surface area contributed by atoms with Crippen molar-refractivity contribution in [2.24, 2.45) is 22.7 Å². The van der Waals surface area contributed by atoms with Crippen LogP contribution in [0.2, 0.25) is 0 Å². The van der Waals surface area contributed by atoms with Crippen molar-refractivity contribution in [1.82, 2.24) is 9.55 Å². The molecule has 196 valence electrons. The Bertz CT molecular complexity index is 1590. The molecule has 0 amide bonds. The second kappa shape index (κ2) is 9.04. The van der Waals surface area contributed by atoms with Gasteiger partial charge in [0.1, 0.15) is 5.56 Å². The van der Waals surface area contributed by atoms with E-state index in [0.717, 1.165) is 28.5 Å². The van der Waals surface area contributed by atoms with Gasteiger partial charge in [0.2, 0.25) is 5.88 Å². The van der Waals surface area contributed by atoms with Crippen LogP contribution < -0.4 is 11.2 Å². The molecule has 2 aromatic carbocycles. The van der Waals surface area contributed by atoms with Crippen LogP contribution in [0.15, 0.2) is 55.5 Å². The Morgan fingerprint density at radius 2 is 1.76 bits per heavy atom. The molecule has 0 aliphatic heterocycles. The van der Waals surface area contributed by atoms with Gasteiger partial charge in [0, 0.05) is 22.3 Å². The zero-order valence-corrected chi connectivity index (χ0v) is 22.4. The highest BCUT2D eigenvalue weighted by Crippen LogP contribution is 2.61. The van der Waals surface area contributed by atoms with Gasteiger partial charge in [-0.05, 0) is 108 Å². The third-order valence-corrected chi connectivity index (χ3v) is 9.33. The number of halogens is 1. The summed E-state index contributed by atoms with van der Waals surface area (Å²) in [6.45, 7) is 1.62. The molecule has 10 heteroatoms. The summed E-state index contributed by atoms with van der Waals surface area (Å²) in [5, 5.41) is 22.3. The van der Waals surface area contributed by atoms with Gasteiger partial charge in [-0.3, -0.25) is 24.9 Å². The molecular weight excluding hydrogens is 552 g/mol. The number of aromatic amines is 1. The number of nitro groups is 1. The van der Waals surface area contributed by atoms with Gasteiger partial charge >= 0.3 is 5.69 Å². The molecule has 4 bridgehead atoms. The molecule has 4 fully saturated rings. The molecule has 2 N–H and O–H groups in total. The molecule has 4 aliphatic carbocycles. The fourth-order valence-corrected chi connectivity index (χ4v) is 7.93. The van der Waals surface area contributed by atoms with Crippen LogP contribution in [0.1, 0.15) is 55.2 Å². The van der Waals surface area contributed by atoms with E-state index in [1.165, 1.54) is 50.2 Å². The molecule has 0 unspecified atom stereocenters. The largest absolute Gasteiger partial charge is 0.493 e. The first-order valence-corrected chi connectivity index (χ1v) is 13.6. The SMILES string of the molecule is Cc1ccc(N=Cc2c(O)n(-c3ccc(C45CC6CC(CC(C6)C4)C5)cc3Br)c(=O)[nH]c2=O)cc1[N+](=O)[O-]. The predicted octanol–water partition coefficient (Wildman–Crippen LogP) is 5.43. The number of aliphatic imine (C=N–C) groups is 1. The summed E-state index contributed by atoms with van der Waals surface area (Å²) in [4.78, 5) is 42.5. The van der Waals surface area contributed by atoms with E-state index in [9.17, 15) is 24.8 Å². The minimum atomic E-state index is -0.810. The molecule has 7 rings (SSSR count). The number of benzene rings is 2. The van der Waals surface area contributed by atoms with E-state index in [-0.39, 0.29) is 22.4 Å². The Labute approximate surface area is 226 Å². The van der Waals surface area contributed by atoms with E-state index in [1.54, 1.807) is 19.1 Å².